The van der Waals surface area contributed by atoms with Crippen LogP contribution < -0.4 is 4.74 Å². The predicted octanol–water partition coefficient (Wildman–Crippen LogP) is 5.64. The lowest BCUT2D eigenvalue weighted by atomic mass is 9.87. The minimum absolute atomic E-state index is 0.115. The molecule has 0 spiro atoms. The van der Waals surface area contributed by atoms with Crippen LogP contribution in [0.15, 0.2) is 36.4 Å². The van der Waals surface area contributed by atoms with Gasteiger partial charge in [-0.15, -0.1) is 0 Å². The van der Waals surface area contributed by atoms with Gasteiger partial charge >= 0.3 is 6.18 Å². The number of ether oxygens (including phenoxy) is 1. The van der Waals surface area contributed by atoms with Gasteiger partial charge in [0.25, 0.3) is 0 Å². The largest absolute Gasteiger partial charge is 0.504 e. The Morgan fingerprint density at radius 1 is 0.957 bits per heavy atom. The van der Waals surface area contributed by atoms with Gasteiger partial charge in [0.05, 0.1) is 5.56 Å². The number of alkyl halides is 3. The van der Waals surface area contributed by atoms with E-state index in [2.05, 4.69) is 0 Å². The van der Waals surface area contributed by atoms with Gasteiger partial charge in [0.15, 0.2) is 23.1 Å². The van der Waals surface area contributed by atoms with E-state index in [4.69, 9.17) is 4.74 Å². The molecule has 23 heavy (non-hydrogen) atoms. The molecule has 0 aromatic heterocycles. The highest BCUT2D eigenvalue weighted by Gasteiger charge is 2.35. The maximum absolute atomic E-state index is 13.9. The van der Waals surface area contributed by atoms with Crippen molar-refractivity contribution in [2.75, 3.05) is 0 Å². The van der Waals surface area contributed by atoms with E-state index in [-0.39, 0.29) is 16.9 Å². The van der Waals surface area contributed by atoms with Crippen LogP contribution in [0.1, 0.15) is 31.9 Å². The second-order valence-electron chi connectivity index (χ2n) is 6.15. The van der Waals surface area contributed by atoms with Crippen molar-refractivity contribution in [2.24, 2.45) is 0 Å². The molecule has 2 rings (SSSR count). The van der Waals surface area contributed by atoms with Crippen LogP contribution >= 0.6 is 0 Å². The Labute approximate surface area is 131 Å². The summed E-state index contributed by atoms with van der Waals surface area (Å²) in [5.41, 5.74) is -0.829. The minimum Gasteiger partial charge on any atom is -0.504 e. The lowest BCUT2D eigenvalue weighted by Crippen LogP contribution is -2.10. The van der Waals surface area contributed by atoms with E-state index in [1.165, 1.54) is 12.1 Å². The normalized spacial score (nSPS) is 12.3. The zero-order chi connectivity index (χ0) is 17.4. The molecule has 0 saturated heterocycles. The summed E-state index contributed by atoms with van der Waals surface area (Å²) in [4.78, 5) is 0. The van der Waals surface area contributed by atoms with Gasteiger partial charge in [-0.25, -0.2) is 4.39 Å². The first-order valence-electron chi connectivity index (χ1n) is 6.87. The quantitative estimate of drug-likeness (QED) is 0.723. The number of rotatable bonds is 2. The molecule has 0 atom stereocenters. The van der Waals surface area contributed by atoms with Crippen molar-refractivity contribution in [1.82, 2.24) is 0 Å². The molecule has 1 N–H and O–H groups in total. The summed E-state index contributed by atoms with van der Waals surface area (Å²) in [6, 6.07) is 7.26. The fraction of sp³-hybridized carbons (Fsp3) is 0.294. The maximum Gasteiger partial charge on any atom is 0.419 e. The molecular formula is C17H16F4O2. The molecule has 0 aliphatic rings. The van der Waals surface area contributed by atoms with Crippen molar-refractivity contribution < 1.29 is 27.4 Å². The van der Waals surface area contributed by atoms with E-state index in [9.17, 15) is 22.7 Å². The molecule has 124 valence electrons. The number of hydrogen-bond donors (Lipinski definition) is 1. The topological polar surface area (TPSA) is 29.5 Å². The molecular weight excluding hydrogens is 312 g/mol. The number of aromatic hydroxyl groups is 1. The summed E-state index contributed by atoms with van der Waals surface area (Å²) in [5.74, 6) is -2.50. The fourth-order valence-electron chi connectivity index (χ4n) is 2.00. The molecule has 0 aliphatic carbocycles. The SMILES string of the molecule is CC(C)(C)c1ccc(Oc2cccc(C(F)(F)F)c2F)c(O)c1. The zero-order valence-electron chi connectivity index (χ0n) is 12.8. The molecule has 0 heterocycles. The standard InChI is InChI=1S/C17H16F4O2/c1-16(2,3)10-7-8-13(12(22)9-10)23-14-6-4-5-11(15(14)18)17(19,20)21/h4-9,22H,1-3H3. The van der Waals surface area contributed by atoms with Crippen molar-refractivity contribution in [3.05, 3.63) is 53.3 Å². The van der Waals surface area contributed by atoms with Crippen molar-refractivity contribution in [1.29, 1.82) is 0 Å². The predicted molar refractivity (Wildman–Crippen MR) is 78.3 cm³/mol. The molecule has 0 radical (unpaired) electrons. The third kappa shape index (κ3) is 3.75. The van der Waals surface area contributed by atoms with Crippen LogP contribution in [-0.2, 0) is 11.6 Å². The van der Waals surface area contributed by atoms with Crippen LogP contribution in [-0.4, -0.2) is 5.11 Å². The Balaban J connectivity index is 2.37. The van der Waals surface area contributed by atoms with Crippen LogP contribution in [0.2, 0.25) is 0 Å². The van der Waals surface area contributed by atoms with Gasteiger partial charge in [-0.3, -0.25) is 0 Å². The van der Waals surface area contributed by atoms with Crippen molar-refractivity contribution in [3.63, 3.8) is 0 Å². The second-order valence-corrected chi connectivity index (χ2v) is 6.15. The molecule has 2 aromatic carbocycles. The Morgan fingerprint density at radius 2 is 1.61 bits per heavy atom. The molecule has 0 unspecified atom stereocenters. The molecule has 0 saturated carbocycles. The lowest BCUT2D eigenvalue weighted by Gasteiger charge is -2.20. The summed E-state index contributed by atoms with van der Waals surface area (Å²) in [6.45, 7) is 5.82. The summed E-state index contributed by atoms with van der Waals surface area (Å²) in [5, 5.41) is 9.97. The van der Waals surface area contributed by atoms with Crippen LogP contribution in [0.5, 0.6) is 17.2 Å². The van der Waals surface area contributed by atoms with Gasteiger partial charge in [0.2, 0.25) is 0 Å². The lowest BCUT2D eigenvalue weighted by molar-refractivity contribution is -0.140. The van der Waals surface area contributed by atoms with Gasteiger partial charge in [-0.1, -0.05) is 32.9 Å². The van der Waals surface area contributed by atoms with E-state index in [0.29, 0.717) is 6.07 Å². The first-order chi connectivity index (χ1) is 10.5. The van der Waals surface area contributed by atoms with Gasteiger partial charge in [0.1, 0.15) is 0 Å². The van der Waals surface area contributed by atoms with E-state index >= 15 is 0 Å². The molecule has 0 fully saturated rings. The summed E-state index contributed by atoms with van der Waals surface area (Å²) < 4.78 is 57.1. The average molecular weight is 328 g/mol. The number of halogens is 4. The van der Waals surface area contributed by atoms with Crippen molar-refractivity contribution in [2.45, 2.75) is 32.4 Å². The minimum atomic E-state index is -4.82. The first-order valence-corrected chi connectivity index (χ1v) is 6.87. The highest BCUT2D eigenvalue weighted by atomic mass is 19.4. The molecule has 0 bridgehead atoms. The van der Waals surface area contributed by atoms with Crippen LogP contribution in [0.3, 0.4) is 0 Å². The van der Waals surface area contributed by atoms with E-state index in [1.807, 2.05) is 20.8 Å². The Bertz CT molecular complexity index is 716. The third-order valence-corrected chi connectivity index (χ3v) is 3.31. The number of phenols is 1. The van der Waals surface area contributed by atoms with Gasteiger partial charge < -0.3 is 9.84 Å². The highest BCUT2D eigenvalue weighted by molar-refractivity contribution is 5.46. The zero-order valence-corrected chi connectivity index (χ0v) is 12.8. The summed E-state index contributed by atoms with van der Waals surface area (Å²) in [7, 11) is 0. The third-order valence-electron chi connectivity index (χ3n) is 3.31. The van der Waals surface area contributed by atoms with E-state index < -0.39 is 23.3 Å². The second kappa shape index (κ2) is 5.76. The van der Waals surface area contributed by atoms with Gasteiger partial charge in [-0.05, 0) is 35.2 Å². The number of phenolic OH excluding ortho intramolecular Hbond substituents is 1. The Hall–Kier alpha value is -2.24. The molecule has 2 aromatic rings. The fourth-order valence-corrected chi connectivity index (χ4v) is 2.00. The molecule has 6 heteroatoms. The Morgan fingerprint density at radius 3 is 2.13 bits per heavy atom. The summed E-state index contributed by atoms with van der Waals surface area (Å²) >= 11 is 0. The monoisotopic (exact) mass is 328 g/mol. The van der Waals surface area contributed by atoms with E-state index in [0.717, 1.165) is 17.7 Å². The van der Waals surface area contributed by atoms with Gasteiger partial charge in [0, 0.05) is 0 Å². The van der Waals surface area contributed by atoms with Crippen LogP contribution in [0.4, 0.5) is 17.6 Å². The van der Waals surface area contributed by atoms with Crippen LogP contribution in [0.25, 0.3) is 0 Å². The average Bonchev–Trinajstić information content (AvgIpc) is 2.40. The van der Waals surface area contributed by atoms with Gasteiger partial charge in [-0.2, -0.15) is 13.2 Å². The number of hydrogen-bond acceptors (Lipinski definition) is 2. The smallest absolute Gasteiger partial charge is 0.419 e. The molecule has 2 nitrogen and oxygen atoms in total. The summed E-state index contributed by atoms with van der Waals surface area (Å²) in [6.07, 6.45) is -4.82. The Kier molecular flexibility index (Phi) is 4.28. The highest BCUT2D eigenvalue weighted by Crippen LogP contribution is 2.39. The van der Waals surface area contributed by atoms with Crippen molar-refractivity contribution >= 4 is 0 Å². The molecule has 0 amide bonds. The molecule has 0 aliphatic heterocycles. The number of benzene rings is 2. The van der Waals surface area contributed by atoms with Crippen molar-refractivity contribution in [3.8, 4) is 17.2 Å². The maximum atomic E-state index is 13.9. The van der Waals surface area contributed by atoms with E-state index in [1.54, 1.807) is 6.07 Å². The first kappa shape index (κ1) is 17.1. The van der Waals surface area contributed by atoms with Crippen LogP contribution in [0, 0.1) is 5.82 Å².